The summed E-state index contributed by atoms with van der Waals surface area (Å²) in [6.07, 6.45) is 5.05. The highest BCUT2D eigenvalue weighted by atomic mass is 32.1. The Morgan fingerprint density at radius 3 is 2.73 bits per heavy atom. The van der Waals surface area contributed by atoms with Crippen LogP contribution in [0.1, 0.15) is 38.8 Å². The van der Waals surface area contributed by atoms with Gasteiger partial charge >= 0.3 is 0 Å². The molecule has 1 aliphatic rings. The van der Waals surface area contributed by atoms with Crippen LogP contribution >= 0.6 is 11.3 Å². The molecule has 0 saturated heterocycles. The maximum absolute atomic E-state index is 12.6. The number of hydrogen-bond acceptors (Lipinski definition) is 8. The molecule has 0 saturated carbocycles. The SMILES string of the molecule is COCCOc1cc([N+](=O)[O-])c(C(=O)NCCc2nc3c(s2)CCCC3)cc1OC. The molecule has 1 heterocycles. The summed E-state index contributed by atoms with van der Waals surface area (Å²) in [5.41, 5.74) is 0.761. The molecule has 0 fully saturated rings. The van der Waals surface area contributed by atoms with Crippen LogP contribution in [-0.4, -0.2) is 49.8 Å². The van der Waals surface area contributed by atoms with E-state index in [0.29, 0.717) is 19.6 Å². The van der Waals surface area contributed by atoms with E-state index in [4.69, 9.17) is 14.2 Å². The molecule has 2 aromatic rings. The Bertz CT molecular complexity index is 891. The topological polar surface area (TPSA) is 113 Å². The molecule has 30 heavy (non-hydrogen) atoms. The van der Waals surface area contributed by atoms with Crippen molar-refractivity contribution in [1.82, 2.24) is 10.3 Å². The zero-order chi connectivity index (χ0) is 21.5. The number of thiazole rings is 1. The van der Waals surface area contributed by atoms with Crippen molar-refractivity contribution in [3.63, 3.8) is 0 Å². The van der Waals surface area contributed by atoms with Crippen molar-refractivity contribution in [3.05, 3.63) is 43.4 Å². The molecular formula is C20H25N3O6S. The zero-order valence-electron chi connectivity index (χ0n) is 17.1. The van der Waals surface area contributed by atoms with Crippen molar-refractivity contribution >= 4 is 22.9 Å². The minimum Gasteiger partial charge on any atom is -0.493 e. The van der Waals surface area contributed by atoms with Gasteiger partial charge < -0.3 is 19.5 Å². The van der Waals surface area contributed by atoms with E-state index in [0.717, 1.165) is 17.8 Å². The number of nitrogens with one attached hydrogen (secondary N) is 1. The molecule has 0 unspecified atom stereocenters. The first-order chi connectivity index (χ1) is 14.5. The van der Waals surface area contributed by atoms with Gasteiger partial charge in [0.05, 0.1) is 35.4 Å². The standard InChI is InChI=1S/C20H25N3O6S/c1-27-9-10-29-17-12-15(23(25)26)13(11-16(17)28-2)20(24)21-8-7-19-22-14-5-3-4-6-18(14)30-19/h11-12H,3-10H2,1-2H3,(H,21,24). The Balaban J connectivity index is 1.69. The molecule has 10 heteroatoms. The number of ether oxygens (including phenoxy) is 3. The summed E-state index contributed by atoms with van der Waals surface area (Å²) in [6.45, 7) is 0.865. The Morgan fingerprint density at radius 2 is 2.03 bits per heavy atom. The van der Waals surface area contributed by atoms with E-state index in [9.17, 15) is 14.9 Å². The van der Waals surface area contributed by atoms with E-state index >= 15 is 0 Å². The van der Waals surface area contributed by atoms with E-state index in [-0.39, 0.29) is 29.4 Å². The average Bonchev–Trinajstić information content (AvgIpc) is 3.16. The molecule has 0 atom stereocenters. The van der Waals surface area contributed by atoms with Crippen LogP contribution < -0.4 is 14.8 Å². The monoisotopic (exact) mass is 435 g/mol. The number of amides is 1. The van der Waals surface area contributed by atoms with Gasteiger partial charge in [0.1, 0.15) is 12.2 Å². The van der Waals surface area contributed by atoms with Crippen LogP contribution in [0.25, 0.3) is 0 Å². The van der Waals surface area contributed by atoms with Crippen molar-refractivity contribution < 1.29 is 23.9 Å². The van der Waals surface area contributed by atoms with E-state index in [1.54, 1.807) is 11.3 Å². The Labute approximate surface area is 178 Å². The number of hydrogen-bond donors (Lipinski definition) is 1. The second kappa shape index (κ2) is 10.4. The first kappa shape index (κ1) is 22.0. The summed E-state index contributed by atoms with van der Waals surface area (Å²) in [6, 6.07) is 2.54. The van der Waals surface area contributed by atoms with Crippen molar-refractivity contribution in [2.24, 2.45) is 0 Å². The van der Waals surface area contributed by atoms with Gasteiger partial charge in [0.25, 0.3) is 11.6 Å². The molecule has 3 rings (SSSR count). The van der Waals surface area contributed by atoms with Gasteiger partial charge in [-0.05, 0) is 25.7 Å². The van der Waals surface area contributed by atoms with Crippen molar-refractivity contribution in [1.29, 1.82) is 0 Å². The van der Waals surface area contributed by atoms with Crippen LogP contribution in [0.2, 0.25) is 0 Å². The fourth-order valence-electron chi connectivity index (χ4n) is 3.28. The number of carbonyl (C=O) groups excluding carboxylic acids is 1. The lowest BCUT2D eigenvalue weighted by Crippen LogP contribution is -2.26. The highest BCUT2D eigenvalue weighted by molar-refractivity contribution is 7.11. The summed E-state index contributed by atoms with van der Waals surface area (Å²) in [7, 11) is 2.94. The number of methoxy groups -OCH3 is 2. The van der Waals surface area contributed by atoms with E-state index in [1.165, 1.54) is 49.8 Å². The number of aromatic nitrogens is 1. The highest BCUT2D eigenvalue weighted by Crippen LogP contribution is 2.35. The molecular weight excluding hydrogens is 410 g/mol. The fraction of sp³-hybridized carbons (Fsp3) is 0.500. The molecule has 1 aromatic heterocycles. The highest BCUT2D eigenvalue weighted by Gasteiger charge is 2.25. The normalized spacial score (nSPS) is 12.9. The fourth-order valence-corrected chi connectivity index (χ4v) is 4.44. The van der Waals surface area contributed by atoms with E-state index in [1.807, 2.05) is 0 Å². The van der Waals surface area contributed by atoms with Crippen LogP contribution in [0.3, 0.4) is 0 Å². The number of aryl methyl sites for hydroxylation is 2. The number of rotatable bonds is 10. The molecule has 0 aliphatic heterocycles. The van der Waals surface area contributed by atoms with Crippen molar-refractivity contribution in [2.45, 2.75) is 32.1 Å². The third kappa shape index (κ3) is 5.25. The second-order valence-electron chi connectivity index (χ2n) is 6.81. The van der Waals surface area contributed by atoms with Gasteiger partial charge in [-0.2, -0.15) is 0 Å². The quantitative estimate of drug-likeness (QED) is 0.347. The summed E-state index contributed by atoms with van der Waals surface area (Å²) in [5, 5.41) is 15.2. The molecule has 9 nitrogen and oxygen atoms in total. The van der Waals surface area contributed by atoms with Gasteiger partial charge in [0.15, 0.2) is 11.5 Å². The number of carbonyl (C=O) groups is 1. The minimum absolute atomic E-state index is 0.0747. The second-order valence-corrected chi connectivity index (χ2v) is 7.98. The van der Waals surface area contributed by atoms with Gasteiger partial charge in [-0.15, -0.1) is 11.3 Å². The number of benzene rings is 1. The Hall–Kier alpha value is -2.72. The smallest absolute Gasteiger partial charge is 0.286 e. The molecule has 1 N–H and O–H groups in total. The Kier molecular flexibility index (Phi) is 7.58. The molecule has 1 aromatic carbocycles. The third-order valence-corrected chi connectivity index (χ3v) is 6.00. The molecule has 0 radical (unpaired) electrons. The lowest BCUT2D eigenvalue weighted by molar-refractivity contribution is -0.385. The summed E-state index contributed by atoms with van der Waals surface area (Å²) in [5.74, 6) is -0.106. The van der Waals surface area contributed by atoms with Gasteiger partial charge in [0.2, 0.25) is 0 Å². The predicted molar refractivity (Wildman–Crippen MR) is 112 cm³/mol. The van der Waals surface area contributed by atoms with Crippen LogP contribution in [0.5, 0.6) is 11.5 Å². The number of nitrogens with zero attached hydrogens (tertiary/aromatic N) is 2. The maximum Gasteiger partial charge on any atom is 0.286 e. The van der Waals surface area contributed by atoms with Crippen molar-refractivity contribution in [2.75, 3.05) is 34.0 Å². The van der Waals surface area contributed by atoms with Crippen molar-refractivity contribution in [3.8, 4) is 11.5 Å². The summed E-state index contributed by atoms with van der Waals surface area (Å²) >= 11 is 1.69. The third-order valence-electron chi connectivity index (χ3n) is 4.78. The average molecular weight is 436 g/mol. The van der Waals surface area contributed by atoms with E-state index in [2.05, 4.69) is 10.3 Å². The molecule has 162 valence electrons. The Morgan fingerprint density at radius 1 is 1.23 bits per heavy atom. The number of fused-ring (bicyclic) bond motifs is 1. The molecule has 0 spiro atoms. The lowest BCUT2D eigenvalue weighted by atomic mass is 10.0. The molecule has 1 amide bonds. The number of nitro groups is 1. The largest absolute Gasteiger partial charge is 0.493 e. The molecule has 0 bridgehead atoms. The van der Waals surface area contributed by atoms with Crippen LogP contribution in [0, 0.1) is 10.1 Å². The zero-order valence-corrected chi connectivity index (χ0v) is 17.9. The first-order valence-corrected chi connectivity index (χ1v) is 10.6. The molecule has 1 aliphatic carbocycles. The van der Waals surface area contributed by atoms with Crippen LogP contribution in [0.15, 0.2) is 12.1 Å². The van der Waals surface area contributed by atoms with Gasteiger partial charge in [-0.1, -0.05) is 0 Å². The van der Waals surface area contributed by atoms with Gasteiger partial charge in [0, 0.05) is 31.0 Å². The van der Waals surface area contributed by atoms with Crippen LogP contribution in [-0.2, 0) is 24.0 Å². The maximum atomic E-state index is 12.6. The van der Waals surface area contributed by atoms with E-state index < -0.39 is 10.8 Å². The predicted octanol–water partition coefficient (Wildman–Crippen LogP) is 2.94. The lowest BCUT2D eigenvalue weighted by Gasteiger charge is -2.12. The van der Waals surface area contributed by atoms with Gasteiger partial charge in [-0.3, -0.25) is 14.9 Å². The number of nitro benzene ring substituents is 1. The summed E-state index contributed by atoms with van der Waals surface area (Å²) < 4.78 is 15.6. The minimum atomic E-state index is -0.605. The summed E-state index contributed by atoms with van der Waals surface area (Å²) in [4.78, 5) is 29.5. The van der Waals surface area contributed by atoms with Gasteiger partial charge in [-0.25, -0.2) is 4.98 Å². The van der Waals surface area contributed by atoms with Crippen LogP contribution in [0.4, 0.5) is 5.69 Å². The first-order valence-electron chi connectivity index (χ1n) is 9.77.